The summed E-state index contributed by atoms with van der Waals surface area (Å²) in [5.41, 5.74) is 0. The minimum absolute atomic E-state index is 0.208. The van der Waals surface area contributed by atoms with Crippen LogP contribution in [0, 0.1) is 11.8 Å². The van der Waals surface area contributed by atoms with E-state index in [4.69, 9.17) is 5.11 Å². The van der Waals surface area contributed by atoms with Crippen molar-refractivity contribution in [2.45, 2.75) is 45.1 Å². The summed E-state index contributed by atoms with van der Waals surface area (Å²) in [6.07, 6.45) is 4.81. The largest absolute Gasteiger partial charge is 0.481 e. The highest BCUT2D eigenvalue weighted by Gasteiger charge is 2.29. The first-order valence-corrected chi connectivity index (χ1v) is 5.04. The van der Waals surface area contributed by atoms with Crippen molar-refractivity contribution in [3.05, 3.63) is 0 Å². The van der Waals surface area contributed by atoms with E-state index in [1.54, 1.807) is 6.92 Å². The second kappa shape index (κ2) is 4.61. The molecule has 1 aliphatic carbocycles. The number of aliphatic hydroxyl groups is 1. The predicted octanol–water partition coefficient (Wildman–Crippen LogP) is 1.65. The van der Waals surface area contributed by atoms with Gasteiger partial charge in [0.15, 0.2) is 0 Å². The summed E-state index contributed by atoms with van der Waals surface area (Å²) in [6.45, 7) is 1.58. The molecule has 0 spiro atoms. The molecule has 0 aliphatic heterocycles. The molecule has 2 N–H and O–H groups in total. The van der Waals surface area contributed by atoms with Crippen LogP contribution in [0.4, 0.5) is 0 Å². The molecule has 3 nitrogen and oxygen atoms in total. The minimum atomic E-state index is -0.891. The van der Waals surface area contributed by atoms with Crippen LogP contribution in [-0.2, 0) is 4.79 Å². The lowest BCUT2D eigenvalue weighted by Gasteiger charge is -2.28. The number of rotatable bonds is 3. The molecule has 3 heteroatoms. The molecule has 0 saturated heterocycles. The summed E-state index contributed by atoms with van der Waals surface area (Å²) >= 11 is 0. The van der Waals surface area contributed by atoms with Crippen LogP contribution in [0.15, 0.2) is 0 Å². The minimum Gasteiger partial charge on any atom is -0.481 e. The van der Waals surface area contributed by atoms with Crippen LogP contribution in [-0.4, -0.2) is 22.3 Å². The lowest BCUT2D eigenvalue weighted by atomic mass is 9.81. The molecule has 0 heterocycles. The molecule has 2 atom stereocenters. The van der Waals surface area contributed by atoms with Gasteiger partial charge in [-0.15, -0.1) is 0 Å². The molecule has 0 radical (unpaired) electrons. The van der Waals surface area contributed by atoms with Gasteiger partial charge in [0.2, 0.25) is 0 Å². The fraction of sp³-hybridized carbons (Fsp3) is 0.900. The summed E-state index contributed by atoms with van der Waals surface area (Å²) in [4.78, 5) is 10.6. The SMILES string of the molecule is C[C@H](C(=O)O)[C@H](O)C1CCCCC1. The van der Waals surface area contributed by atoms with E-state index in [1.807, 2.05) is 0 Å². The van der Waals surface area contributed by atoms with E-state index in [0.29, 0.717) is 0 Å². The molecule has 76 valence electrons. The Labute approximate surface area is 78.8 Å². The van der Waals surface area contributed by atoms with Crippen molar-refractivity contribution in [1.82, 2.24) is 0 Å². The third-order valence-corrected chi connectivity index (χ3v) is 3.03. The van der Waals surface area contributed by atoms with Gasteiger partial charge in [0.25, 0.3) is 0 Å². The van der Waals surface area contributed by atoms with Crippen LogP contribution in [0.25, 0.3) is 0 Å². The standard InChI is InChI=1S/C10H18O3/c1-7(10(12)13)9(11)8-5-3-2-4-6-8/h7-9,11H,2-6H2,1H3,(H,12,13)/t7-,9-/m0/s1. The zero-order valence-electron chi connectivity index (χ0n) is 8.07. The Balaban J connectivity index is 2.44. The van der Waals surface area contributed by atoms with Crippen LogP contribution in [0.1, 0.15) is 39.0 Å². The number of carboxylic acids is 1. The van der Waals surface area contributed by atoms with Crippen LogP contribution in [0.2, 0.25) is 0 Å². The van der Waals surface area contributed by atoms with Gasteiger partial charge in [-0.25, -0.2) is 0 Å². The quantitative estimate of drug-likeness (QED) is 0.704. The van der Waals surface area contributed by atoms with E-state index in [2.05, 4.69) is 0 Å². The van der Waals surface area contributed by atoms with E-state index in [9.17, 15) is 9.90 Å². The van der Waals surface area contributed by atoms with E-state index in [0.717, 1.165) is 25.7 Å². The van der Waals surface area contributed by atoms with Crippen molar-refractivity contribution in [3.63, 3.8) is 0 Å². The number of aliphatic carboxylic acids is 1. The van der Waals surface area contributed by atoms with Gasteiger partial charge in [-0.3, -0.25) is 4.79 Å². The average Bonchev–Trinajstić information content (AvgIpc) is 2.17. The fourth-order valence-corrected chi connectivity index (χ4v) is 2.03. The Bertz CT molecular complexity index is 173. The molecule has 0 aromatic carbocycles. The molecular weight excluding hydrogens is 168 g/mol. The van der Waals surface area contributed by atoms with Crippen molar-refractivity contribution in [3.8, 4) is 0 Å². The second-order valence-corrected chi connectivity index (χ2v) is 4.02. The Morgan fingerprint density at radius 1 is 1.31 bits per heavy atom. The Morgan fingerprint density at radius 2 is 1.85 bits per heavy atom. The maximum atomic E-state index is 10.6. The first-order valence-electron chi connectivity index (χ1n) is 5.04. The second-order valence-electron chi connectivity index (χ2n) is 4.02. The summed E-state index contributed by atoms with van der Waals surface area (Å²) in [6, 6.07) is 0. The highest BCUT2D eigenvalue weighted by Crippen LogP contribution is 2.29. The smallest absolute Gasteiger partial charge is 0.308 e. The molecule has 0 aromatic heterocycles. The average molecular weight is 186 g/mol. The van der Waals surface area contributed by atoms with Crippen molar-refractivity contribution >= 4 is 5.97 Å². The van der Waals surface area contributed by atoms with Crippen molar-refractivity contribution in [2.75, 3.05) is 0 Å². The van der Waals surface area contributed by atoms with Gasteiger partial charge in [0, 0.05) is 0 Å². The Kier molecular flexibility index (Phi) is 3.72. The van der Waals surface area contributed by atoms with Gasteiger partial charge in [-0.05, 0) is 25.7 Å². The molecule has 0 amide bonds. The zero-order chi connectivity index (χ0) is 9.84. The van der Waals surface area contributed by atoms with Crippen LogP contribution < -0.4 is 0 Å². The molecule has 1 aliphatic rings. The Morgan fingerprint density at radius 3 is 2.31 bits per heavy atom. The van der Waals surface area contributed by atoms with Gasteiger partial charge in [0.1, 0.15) is 0 Å². The molecule has 1 fully saturated rings. The molecular formula is C10H18O3. The van der Waals surface area contributed by atoms with E-state index in [1.165, 1.54) is 6.42 Å². The van der Waals surface area contributed by atoms with Crippen LogP contribution in [0.5, 0.6) is 0 Å². The first-order chi connectivity index (χ1) is 6.13. The van der Waals surface area contributed by atoms with Gasteiger partial charge in [0.05, 0.1) is 12.0 Å². The lowest BCUT2D eigenvalue weighted by Crippen LogP contribution is -2.33. The lowest BCUT2D eigenvalue weighted by molar-refractivity contribution is -0.146. The normalized spacial score (nSPS) is 23.8. The number of carbonyl (C=O) groups is 1. The topological polar surface area (TPSA) is 57.5 Å². The molecule has 1 saturated carbocycles. The maximum Gasteiger partial charge on any atom is 0.308 e. The molecule has 0 aromatic rings. The summed E-state index contributed by atoms with van der Waals surface area (Å²) in [5, 5.41) is 18.5. The third-order valence-electron chi connectivity index (χ3n) is 3.03. The van der Waals surface area contributed by atoms with E-state index in [-0.39, 0.29) is 5.92 Å². The van der Waals surface area contributed by atoms with Crippen molar-refractivity contribution in [1.29, 1.82) is 0 Å². The van der Waals surface area contributed by atoms with Gasteiger partial charge in [-0.1, -0.05) is 19.3 Å². The van der Waals surface area contributed by atoms with Gasteiger partial charge >= 0.3 is 5.97 Å². The summed E-state index contributed by atoms with van der Waals surface area (Å²) < 4.78 is 0. The Hall–Kier alpha value is -0.570. The van der Waals surface area contributed by atoms with E-state index >= 15 is 0 Å². The molecule has 13 heavy (non-hydrogen) atoms. The number of carboxylic acid groups (broad SMARTS) is 1. The van der Waals surface area contributed by atoms with Crippen molar-refractivity contribution in [2.24, 2.45) is 11.8 Å². The van der Waals surface area contributed by atoms with Crippen molar-refractivity contribution < 1.29 is 15.0 Å². The van der Waals surface area contributed by atoms with E-state index < -0.39 is 18.0 Å². The summed E-state index contributed by atoms with van der Waals surface area (Å²) in [7, 11) is 0. The fourth-order valence-electron chi connectivity index (χ4n) is 2.03. The van der Waals surface area contributed by atoms with Crippen LogP contribution in [0.3, 0.4) is 0 Å². The maximum absolute atomic E-state index is 10.6. The first kappa shape index (κ1) is 10.5. The predicted molar refractivity (Wildman–Crippen MR) is 49.4 cm³/mol. The monoisotopic (exact) mass is 186 g/mol. The molecule has 1 rings (SSSR count). The third kappa shape index (κ3) is 2.69. The zero-order valence-corrected chi connectivity index (χ0v) is 8.07. The number of hydrogen-bond acceptors (Lipinski definition) is 2. The number of hydrogen-bond donors (Lipinski definition) is 2. The van der Waals surface area contributed by atoms with Crippen LogP contribution >= 0.6 is 0 Å². The molecule has 0 unspecified atom stereocenters. The highest BCUT2D eigenvalue weighted by atomic mass is 16.4. The summed E-state index contributed by atoms with van der Waals surface area (Å²) in [5.74, 6) is -1.30. The number of aliphatic hydroxyl groups excluding tert-OH is 1. The highest BCUT2D eigenvalue weighted by molar-refractivity contribution is 5.70. The van der Waals surface area contributed by atoms with Gasteiger partial charge < -0.3 is 10.2 Å². The molecule has 0 bridgehead atoms. The van der Waals surface area contributed by atoms with Gasteiger partial charge in [-0.2, -0.15) is 0 Å².